The summed E-state index contributed by atoms with van der Waals surface area (Å²) >= 11 is 6.10. The van der Waals surface area contributed by atoms with E-state index in [1.54, 1.807) is 0 Å². The molecule has 0 radical (unpaired) electrons. The van der Waals surface area contributed by atoms with Gasteiger partial charge in [0.25, 0.3) is 0 Å². The molecule has 0 fully saturated rings. The lowest BCUT2D eigenvalue weighted by molar-refractivity contribution is 0.690. The zero-order valence-electron chi connectivity index (χ0n) is 14.9. The number of halogens is 1. The van der Waals surface area contributed by atoms with Gasteiger partial charge < -0.3 is 10.6 Å². The Hall–Kier alpha value is -1.77. The first-order valence-corrected chi connectivity index (χ1v) is 8.80. The number of anilines is 1. The van der Waals surface area contributed by atoms with Crippen LogP contribution in [-0.4, -0.2) is 6.54 Å². The van der Waals surface area contributed by atoms with E-state index in [2.05, 4.69) is 55.3 Å². The van der Waals surface area contributed by atoms with Crippen molar-refractivity contribution in [3.05, 3.63) is 75.8 Å². The maximum atomic E-state index is 6.10. The van der Waals surface area contributed by atoms with Crippen molar-refractivity contribution in [2.24, 2.45) is 0 Å². The highest BCUT2D eigenvalue weighted by atomic mass is 35.5. The minimum absolute atomic E-state index is 0.797. The Bertz CT molecular complexity index is 707. The van der Waals surface area contributed by atoms with Crippen molar-refractivity contribution in [1.82, 2.24) is 5.32 Å². The third kappa shape index (κ3) is 4.86. The fourth-order valence-electron chi connectivity index (χ4n) is 2.79. The van der Waals surface area contributed by atoms with Gasteiger partial charge >= 0.3 is 0 Å². The van der Waals surface area contributed by atoms with Crippen LogP contribution in [0.5, 0.6) is 0 Å². The summed E-state index contributed by atoms with van der Waals surface area (Å²) in [5.41, 5.74) is 7.55. The number of aryl methyl sites for hydroxylation is 2. The predicted molar refractivity (Wildman–Crippen MR) is 106 cm³/mol. The van der Waals surface area contributed by atoms with Crippen LogP contribution in [0.3, 0.4) is 0 Å². The Morgan fingerprint density at radius 2 is 1.83 bits per heavy atom. The zero-order chi connectivity index (χ0) is 17.5. The van der Waals surface area contributed by atoms with Gasteiger partial charge in [-0.25, -0.2) is 0 Å². The van der Waals surface area contributed by atoms with Crippen molar-refractivity contribution >= 4 is 17.3 Å². The van der Waals surface area contributed by atoms with Crippen molar-refractivity contribution in [2.45, 2.75) is 40.3 Å². The summed E-state index contributed by atoms with van der Waals surface area (Å²) in [6, 6.07) is 10.5. The van der Waals surface area contributed by atoms with E-state index in [-0.39, 0.29) is 0 Å². The molecule has 0 saturated carbocycles. The lowest BCUT2D eigenvalue weighted by Gasteiger charge is -2.17. The Labute approximate surface area is 150 Å². The standard InChI is InChI=1S/C21H27ClN2/c1-5-6-11-23-14-19-15(2)7-10-21(17(19)4)24-13-18-8-9-20(22)16(3)12-18/h5,7-10,12,23-24H,1,6,11,13-14H2,2-4H3. The molecule has 0 unspecified atom stereocenters. The van der Waals surface area contributed by atoms with Gasteiger partial charge in [-0.1, -0.05) is 35.9 Å². The van der Waals surface area contributed by atoms with E-state index in [0.29, 0.717) is 0 Å². The van der Waals surface area contributed by atoms with Crippen molar-refractivity contribution in [1.29, 1.82) is 0 Å². The van der Waals surface area contributed by atoms with Crippen LogP contribution in [0.2, 0.25) is 5.02 Å². The van der Waals surface area contributed by atoms with Crippen LogP contribution in [0.4, 0.5) is 5.69 Å². The summed E-state index contributed by atoms with van der Waals surface area (Å²) in [6.07, 6.45) is 2.94. The summed E-state index contributed by atoms with van der Waals surface area (Å²) in [4.78, 5) is 0. The van der Waals surface area contributed by atoms with E-state index in [1.807, 2.05) is 19.1 Å². The predicted octanol–water partition coefficient (Wildman–Crippen LogP) is 5.54. The number of hydrogen-bond acceptors (Lipinski definition) is 2. The van der Waals surface area contributed by atoms with Crippen LogP contribution in [0, 0.1) is 20.8 Å². The average molecular weight is 343 g/mol. The fraction of sp³-hybridized carbons (Fsp3) is 0.333. The molecule has 0 amide bonds. The van der Waals surface area contributed by atoms with Crippen LogP contribution in [-0.2, 0) is 13.1 Å². The number of nitrogens with one attached hydrogen (secondary N) is 2. The first-order chi connectivity index (χ1) is 11.5. The Balaban J connectivity index is 2.07. The summed E-state index contributed by atoms with van der Waals surface area (Å²) in [7, 11) is 0. The first-order valence-electron chi connectivity index (χ1n) is 8.42. The quantitative estimate of drug-likeness (QED) is 0.486. The lowest BCUT2D eigenvalue weighted by Crippen LogP contribution is -2.16. The van der Waals surface area contributed by atoms with Crippen LogP contribution in [0.1, 0.15) is 34.2 Å². The SMILES string of the molecule is C=CCCNCc1c(C)ccc(NCc2ccc(Cl)c(C)c2)c1C. The Morgan fingerprint density at radius 3 is 2.54 bits per heavy atom. The first kappa shape index (κ1) is 18.6. The molecule has 0 aliphatic heterocycles. The van der Waals surface area contributed by atoms with Gasteiger partial charge in [-0.2, -0.15) is 0 Å². The molecule has 2 N–H and O–H groups in total. The molecule has 2 nitrogen and oxygen atoms in total. The van der Waals surface area contributed by atoms with Crippen LogP contribution >= 0.6 is 11.6 Å². The second kappa shape index (κ2) is 8.91. The summed E-state index contributed by atoms with van der Waals surface area (Å²) in [5.74, 6) is 0. The van der Waals surface area contributed by atoms with Crippen molar-refractivity contribution in [2.75, 3.05) is 11.9 Å². The summed E-state index contributed by atoms with van der Waals surface area (Å²) in [6.45, 7) is 12.8. The molecule has 2 rings (SSSR count). The topological polar surface area (TPSA) is 24.1 Å². The van der Waals surface area contributed by atoms with Crippen LogP contribution in [0.15, 0.2) is 43.0 Å². The molecule has 0 atom stereocenters. The van der Waals surface area contributed by atoms with Gasteiger partial charge in [0.1, 0.15) is 0 Å². The molecule has 0 heterocycles. The van der Waals surface area contributed by atoms with E-state index >= 15 is 0 Å². The van der Waals surface area contributed by atoms with Gasteiger partial charge in [-0.05, 0) is 73.7 Å². The van der Waals surface area contributed by atoms with E-state index in [4.69, 9.17) is 11.6 Å². The number of rotatable bonds is 8. The molecular weight excluding hydrogens is 316 g/mol. The van der Waals surface area contributed by atoms with Gasteiger partial charge in [0.2, 0.25) is 0 Å². The third-order valence-electron chi connectivity index (χ3n) is 4.37. The third-order valence-corrected chi connectivity index (χ3v) is 4.79. The second-order valence-corrected chi connectivity index (χ2v) is 6.63. The molecular formula is C21H27ClN2. The number of benzene rings is 2. The fourth-order valence-corrected chi connectivity index (χ4v) is 2.90. The summed E-state index contributed by atoms with van der Waals surface area (Å²) < 4.78 is 0. The average Bonchev–Trinajstić information content (AvgIpc) is 2.56. The van der Waals surface area contributed by atoms with Crippen molar-refractivity contribution in [3.8, 4) is 0 Å². The van der Waals surface area contributed by atoms with Crippen LogP contribution in [0.25, 0.3) is 0 Å². The molecule has 128 valence electrons. The molecule has 24 heavy (non-hydrogen) atoms. The lowest BCUT2D eigenvalue weighted by atomic mass is 10.0. The molecule has 0 aliphatic carbocycles. The largest absolute Gasteiger partial charge is 0.381 e. The zero-order valence-corrected chi connectivity index (χ0v) is 15.6. The molecule has 0 bridgehead atoms. The molecule has 3 heteroatoms. The minimum Gasteiger partial charge on any atom is -0.381 e. The molecule has 0 aliphatic rings. The maximum absolute atomic E-state index is 6.10. The Kier molecular flexibility index (Phi) is 6.89. The minimum atomic E-state index is 0.797. The van der Waals surface area contributed by atoms with Gasteiger partial charge in [0.05, 0.1) is 0 Å². The monoisotopic (exact) mass is 342 g/mol. The Morgan fingerprint density at radius 1 is 1.04 bits per heavy atom. The maximum Gasteiger partial charge on any atom is 0.0435 e. The highest BCUT2D eigenvalue weighted by Crippen LogP contribution is 2.24. The van der Waals surface area contributed by atoms with Crippen LogP contribution < -0.4 is 10.6 Å². The second-order valence-electron chi connectivity index (χ2n) is 6.22. The van der Waals surface area contributed by atoms with Crippen molar-refractivity contribution < 1.29 is 0 Å². The highest BCUT2D eigenvalue weighted by Gasteiger charge is 2.07. The van der Waals surface area contributed by atoms with E-state index in [1.165, 1.54) is 27.9 Å². The van der Waals surface area contributed by atoms with E-state index in [9.17, 15) is 0 Å². The molecule has 2 aromatic rings. The van der Waals surface area contributed by atoms with Gasteiger partial charge in [0, 0.05) is 23.8 Å². The summed E-state index contributed by atoms with van der Waals surface area (Å²) in [5, 5.41) is 7.86. The molecule has 0 spiro atoms. The normalized spacial score (nSPS) is 10.7. The number of hydrogen-bond donors (Lipinski definition) is 2. The van der Waals surface area contributed by atoms with E-state index < -0.39 is 0 Å². The van der Waals surface area contributed by atoms with Gasteiger partial charge in [-0.15, -0.1) is 6.58 Å². The molecule has 2 aromatic carbocycles. The van der Waals surface area contributed by atoms with Gasteiger partial charge in [-0.3, -0.25) is 0 Å². The van der Waals surface area contributed by atoms with Gasteiger partial charge in [0.15, 0.2) is 0 Å². The smallest absolute Gasteiger partial charge is 0.0435 e. The molecule has 0 aromatic heterocycles. The van der Waals surface area contributed by atoms with E-state index in [0.717, 1.165) is 36.6 Å². The highest BCUT2D eigenvalue weighted by molar-refractivity contribution is 6.31. The molecule has 0 saturated heterocycles. The van der Waals surface area contributed by atoms with Crippen molar-refractivity contribution in [3.63, 3.8) is 0 Å².